The molecule has 2 aliphatic rings. The summed E-state index contributed by atoms with van der Waals surface area (Å²) in [6, 6.07) is 11.0. The van der Waals surface area contributed by atoms with Gasteiger partial charge in [-0.05, 0) is 53.9 Å². The Balaban J connectivity index is 1.25. The Morgan fingerprint density at radius 2 is 1.89 bits per heavy atom. The van der Waals surface area contributed by atoms with Crippen molar-refractivity contribution < 1.29 is 14.3 Å². The number of carbonyl (C=O) groups is 2. The number of halogens is 1. The van der Waals surface area contributed by atoms with Gasteiger partial charge in [-0.25, -0.2) is 9.78 Å². The van der Waals surface area contributed by atoms with Crippen LogP contribution in [0.1, 0.15) is 45.1 Å². The first-order valence-electron chi connectivity index (χ1n) is 11.5. The molecule has 1 aliphatic heterocycles. The molecular weight excluding hydrogens is 500 g/mol. The average Bonchev–Trinajstić information content (AvgIpc) is 3.22. The molecule has 2 atom stereocenters. The molecule has 36 heavy (non-hydrogen) atoms. The minimum atomic E-state index is -0.659. The third-order valence-corrected chi connectivity index (χ3v) is 6.71. The van der Waals surface area contributed by atoms with Crippen LogP contribution in [0.15, 0.2) is 55.0 Å². The van der Waals surface area contributed by atoms with Gasteiger partial charge in [-0.2, -0.15) is 0 Å². The maximum Gasteiger partial charge on any atom is 0.328 e. The Hall–Kier alpha value is -3.76. The topological polar surface area (TPSA) is 117 Å². The lowest BCUT2D eigenvalue weighted by atomic mass is 9.96. The van der Waals surface area contributed by atoms with Crippen molar-refractivity contribution >= 4 is 46.6 Å². The van der Waals surface area contributed by atoms with Gasteiger partial charge in [0.1, 0.15) is 6.04 Å². The zero-order valence-corrected chi connectivity index (χ0v) is 20.7. The highest BCUT2D eigenvalue weighted by atomic mass is 35.5. The number of fused-ring (bicyclic) bond motifs is 2. The minimum Gasteiger partial charge on any atom is -0.464 e. The van der Waals surface area contributed by atoms with Crippen molar-refractivity contribution in [3.05, 3.63) is 87.8 Å². The van der Waals surface area contributed by atoms with Gasteiger partial charge in [0.15, 0.2) is 10.9 Å². The van der Waals surface area contributed by atoms with Crippen molar-refractivity contribution in [2.24, 2.45) is 0 Å². The van der Waals surface area contributed by atoms with E-state index in [1.54, 1.807) is 6.20 Å². The van der Waals surface area contributed by atoms with Crippen LogP contribution in [0.3, 0.4) is 0 Å². The van der Waals surface area contributed by atoms with Gasteiger partial charge in [0.05, 0.1) is 23.2 Å². The van der Waals surface area contributed by atoms with E-state index >= 15 is 0 Å². The lowest BCUT2D eigenvalue weighted by Crippen LogP contribution is -2.41. The van der Waals surface area contributed by atoms with Crippen LogP contribution in [0.2, 0.25) is 5.02 Å². The Labute approximate surface area is 218 Å². The second-order valence-electron chi connectivity index (χ2n) is 8.47. The maximum atomic E-state index is 12.4. The molecule has 0 spiro atoms. The van der Waals surface area contributed by atoms with E-state index in [9.17, 15) is 9.59 Å². The number of hydrogen-bond acceptors (Lipinski definition) is 7. The Morgan fingerprint density at radius 3 is 2.67 bits per heavy atom. The van der Waals surface area contributed by atoms with Crippen LogP contribution in [0.5, 0.6) is 0 Å². The Kier molecular flexibility index (Phi) is 6.97. The van der Waals surface area contributed by atoms with Crippen molar-refractivity contribution in [2.45, 2.75) is 31.3 Å². The summed E-state index contributed by atoms with van der Waals surface area (Å²) >= 11 is 11.9. The van der Waals surface area contributed by atoms with Crippen LogP contribution in [-0.2, 0) is 22.4 Å². The second kappa shape index (κ2) is 10.5. The van der Waals surface area contributed by atoms with Crippen LogP contribution >= 0.6 is 23.8 Å². The van der Waals surface area contributed by atoms with Crippen molar-refractivity contribution in [1.82, 2.24) is 26.0 Å². The summed E-state index contributed by atoms with van der Waals surface area (Å²) in [6.07, 6.45) is 7.34. The summed E-state index contributed by atoms with van der Waals surface area (Å²) in [5.41, 5.74) is 10.7. The molecule has 2 unspecified atom stereocenters. The number of amides is 1. The number of benzene rings is 1. The molecule has 0 bridgehead atoms. The van der Waals surface area contributed by atoms with Gasteiger partial charge in [-0.3, -0.25) is 20.6 Å². The Bertz CT molecular complexity index is 1290. The molecule has 1 aromatic carbocycles. The van der Waals surface area contributed by atoms with E-state index in [1.165, 1.54) is 23.4 Å². The van der Waals surface area contributed by atoms with Crippen LogP contribution < -0.4 is 21.5 Å². The third-order valence-electron chi connectivity index (χ3n) is 6.20. The van der Waals surface area contributed by atoms with E-state index in [0.717, 1.165) is 24.0 Å². The van der Waals surface area contributed by atoms with Gasteiger partial charge in [-0.15, -0.1) is 0 Å². The van der Waals surface area contributed by atoms with E-state index in [2.05, 4.69) is 43.6 Å². The standard InChI is InChI=1S/C25H23ClN6O3S/c26-19-11-16(23(33)29-20-8-10-35-24(20)34)12-28-22(19)31-32-25(36)30-21-17-4-2-1-3-14(17)5-6-15-7-9-27-13-18(15)21/h1-4,7,9,11-13,20-21H,5-6,8,10H2,(H,28,31)(H,29,33)(H2,30,32,36). The second-order valence-corrected chi connectivity index (χ2v) is 9.28. The molecule has 1 fully saturated rings. The van der Waals surface area contributed by atoms with Gasteiger partial charge >= 0.3 is 5.97 Å². The molecule has 1 saturated heterocycles. The molecule has 0 saturated carbocycles. The predicted molar refractivity (Wildman–Crippen MR) is 138 cm³/mol. The van der Waals surface area contributed by atoms with Crippen molar-refractivity contribution in [1.29, 1.82) is 0 Å². The first-order valence-corrected chi connectivity index (χ1v) is 12.2. The molecule has 0 radical (unpaired) electrons. The van der Waals surface area contributed by atoms with Gasteiger partial charge in [0.25, 0.3) is 5.91 Å². The number of cyclic esters (lactones) is 1. The van der Waals surface area contributed by atoms with E-state index in [1.807, 2.05) is 24.4 Å². The molecular formula is C25H23ClN6O3S. The predicted octanol–water partition coefficient (Wildman–Crippen LogP) is 2.85. The number of ether oxygens (including phenoxy) is 1. The summed E-state index contributed by atoms with van der Waals surface area (Å²) < 4.78 is 4.86. The normalized spacial score (nSPS) is 18.2. The number of nitrogens with zero attached hydrogens (tertiary/aromatic N) is 2. The SMILES string of the molecule is O=C(NC1CCOC1=O)c1cnc(NNC(=S)NC2c3ccccc3CCc3ccncc32)c(Cl)c1. The fraction of sp³-hybridized carbons (Fsp3) is 0.240. The first kappa shape index (κ1) is 24.0. The number of hydrazine groups is 1. The number of pyridine rings is 2. The van der Waals surface area contributed by atoms with Crippen LogP contribution in [0.4, 0.5) is 5.82 Å². The molecule has 5 rings (SSSR count). The largest absolute Gasteiger partial charge is 0.464 e. The van der Waals surface area contributed by atoms with E-state index in [0.29, 0.717) is 24.0 Å². The van der Waals surface area contributed by atoms with Gasteiger partial charge in [-0.1, -0.05) is 35.9 Å². The van der Waals surface area contributed by atoms with Gasteiger partial charge < -0.3 is 15.4 Å². The number of hydrogen-bond donors (Lipinski definition) is 4. The molecule has 4 N–H and O–H groups in total. The maximum absolute atomic E-state index is 12.4. The average molecular weight is 523 g/mol. The molecule has 1 aliphatic carbocycles. The van der Waals surface area contributed by atoms with E-state index < -0.39 is 17.9 Å². The number of thiocarbonyl (C=S) groups is 1. The first-order chi connectivity index (χ1) is 17.5. The number of rotatable bonds is 5. The summed E-state index contributed by atoms with van der Waals surface area (Å²) in [5.74, 6) is -0.606. The van der Waals surface area contributed by atoms with Crippen LogP contribution in [0.25, 0.3) is 0 Å². The number of aryl methyl sites for hydroxylation is 2. The number of nitrogens with one attached hydrogen (secondary N) is 4. The van der Waals surface area contributed by atoms with E-state index in [-0.39, 0.29) is 16.6 Å². The molecule has 11 heteroatoms. The lowest BCUT2D eigenvalue weighted by Gasteiger charge is -2.23. The van der Waals surface area contributed by atoms with Crippen molar-refractivity contribution in [2.75, 3.05) is 12.0 Å². The summed E-state index contributed by atoms with van der Waals surface area (Å²) in [4.78, 5) is 32.6. The lowest BCUT2D eigenvalue weighted by molar-refractivity contribution is -0.139. The molecule has 3 heterocycles. The smallest absolute Gasteiger partial charge is 0.328 e. The summed E-state index contributed by atoms with van der Waals surface area (Å²) in [5, 5.41) is 6.55. The van der Waals surface area contributed by atoms with Crippen molar-refractivity contribution in [3.8, 4) is 0 Å². The zero-order chi connectivity index (χ0) is 25.1. The number of esters is 1. The van der Waals surface area contributed by atoms with Crippen LogP contribution in [-0.4, -0.2) is 39.6 Å². The summed E-state index contributed by atoms with van der Waals surface area (Å²) in [6.45, 7) is 0.291. The Morgan fingerprint density at radius 1 is 1.08 bits per heavy atom. The minimum absolute atomic E-state index is 0.175. The highest BCUT2D eigenvalue weighted by Crippen LogP contribution is 2.32. The number of aromatic nitrogens is 2. The van der Waals surface area contributed by atoms with E-state index in [4.69, 9.17) is 28.6 Å². The third kappa shape index (κ3) is 5.09. The molecule has 184 valence electrons. The number of carbonyl (C=O) groups excluding carboxylic acids is 2. The number of anilines is 1. The monoisotopic (exact) mass is 522 g/mol. The molecule has 2 aromatic heterocycles. The quantitative estimate of drug-likeness (QED) is 0.228. The fourth-order valence-electron chi connectivity index (χ4n) is 4.36. The molecule has 9 nitrogen and oxygen atoms in total. The summed E-state index contributed by atoms with van der Waals surface area (Å²) in [7, 11) is 0. The highest BCUT2D eigenvalue weighted by Gasteiger charge is 2.28. The zero-order valence-electron chi connectivity index (χ0n) is 19.1. The van der Waals surface area contributed by atoms with Crippen LogP contribution in [0, 0.1) is 0 Å². The molecule has 1 amide bonds. The highest BCUT2D eigenvalue weighted by molar-refractivity contribution is 7.80. The fourth-order valence-corrected chi connectivity index (χ4v) is 4.75. The van der Waals surface area contributed by atoms with Gasteiger partial charge in [0, 0.05) is 30.6 Å². The van der Waals surface area contributed by atoms with Gasteiger partial charge in [0.2, 0.25) is 0 Å². The van der Waals surface area contributed by atoms with Crippen molar-refractivity contribution in [3.63, 3.8) is 0 Å². The molecule has 3 aromatic rings.